The predicted octanol–water partition coefficient (Wildman–Crippen LogP) is 4.17. The first-order valence-electron chi connectivity index (χ1n) is 12.1. The number of rotatable bonds is 9. The van der Waals surface area contributed by atoms with Crippen molar-refractivity contribution in [1.29, 1.82) is 0 Å². The molecular formula is C25H35N3O3S2. The molecule has 6 nitrogen and oxygen atoms in total. The summed E-state index contributed by atoms with van der Waals surface area (Å²) in [7, 11) is -3.49. The molecule has 0 aliphatic carbocycles. The summed E-state index contributed by atoms with van der Waals surface area (Å²) in [6.45, 7) is 6.46. The summed E-state index contributed by atoms with van der Waals surface area (Å²) in [5, 5.41) is 5.47. The number of hydrogen-bond donors (Lipinski definition) is 1. The lowest BCUT2D eigenvalue weighted by atomic mass is 10.0. The van der Waals surface area contributed by atoms with Crippen LogP contribution in [0, 0.1) is 5.92 Å². The molecule has 4 rings (SSSR count). The van der Waals surface area contributed by atoms with Gasteiger partial charge in [0, 0.05) is 30.1 Å². The van der Waals surface area contributed by atoms with Gasteiger partial charge in [0.15, 0.2) is 5.78 Å². The zero-order valence-corrected chi connectivity index (χ0v) is 21.0. The third kappa shape index (κ3) is 6.11. The summed E-state index contributed by atoms with van der Waals surface area (Å²) in [5.74, 6) is 0.549. The minimum Gasteiger partial charge on any atom is -0.308 e. The first kappa shape index (κ1) is 24.5. The second kappa shape index (κ2) is 11.2. The van der Waals surface area contributed by atoms with Gasteiger partial charge in [0.25, 0.3) is 0 Å². The normalized spacial score (nSPS) is 20.0. The van der Waals surface area contributed by atoms with Crippen LogP contribution in [-0.4, -0.2) is 62.7 Å². The maximum atomic E-state index is 12.9. The first-order chi connectivity index (χ1) is 15.9. The second-order valence-electron chi connectivity index (χ2n) is 9.29. The summed E-state index contributed by atoms with van der Waals surface area (Å²) in [6, 6.07) is 11.0. The number of likely N-dealkylation sites (tertiary alicyclic amines) is 1. The van der Waals surface area contributed by atoms with Gasteiger partial charge >= 0.3 is 0 Å². The molecule has 33 heavy (non-hydrogen) atoms. The van der Waals surface area contributed by atoms with Gasteiger partial charge in [-0.3, -0.25) is 9.69 Å². The maximum absolute atomic E-state index is 12.9. The topological polar surface area (TPSA) is 69.7 Å². The summed E-state index contributed by atoms with van der Waals surface area (Å²) < 4.78 is 27.4. The van der Waals surface area contributed by atoms with Crippen LogP contribution in [0.4, 0.5) is 0 Å². The molecule has 1 aromatic carbocycles. The number of benzene rings is 1. The van der Waals surface area contributed by atoms with Crippen molar-refractivity contribution < 1.29 is 13.2 Å². The van der Waals surface area contributed by atoms with Gasteiger partial charge in [-0.25, -0.2) is 8.42 Å². The highest BCUT2D eigenvalue weighted by Crippen LogP contribution is 2.27. The van der Waals surface area contributed by atoms with E-state index in [1.807, 2.05) is 0 Å². The first-order valence-corrected chi connectivity index (χ1v) is 14.4. The molecule has 8 heteroatoms. The van der Waals surface area contributed by atoms with Gasteiger partial charge in [-0.2, -0.15) is 4.31 Å². The minimum atomic E-state index is -3.49. The van der Waals surface area contributed by atoms with Crippen LogP contribution in [0.3, 0.4) is 0 Å². The number of nitrogens with one attached hydrogen (secondary N) is 1. The number of ketones is 1. The largest absolute Gasteiger partial charge is 0.308 e. The van der Waals surface area contributed by atoms with Gasteiger partial charge < -0.3 is 5.32 Å². The smallest absolute Gasteiger partial charge is 0.243 e. The number of thiophene rings is 1. The van der Waals surface area contributed by atoms with Crippen molar-refractivity contribution in [1.82, 2.24) is 14.5 Å². The molecule has 0 amide bonds. The van der Waals surface area contributed by atoms with Gasteiger partial charge in [-0.1, -0.05) is 31.5 Å². The standard InChI is InChI=1S/C25H35N3O3S2/c1-20-11-15-28(16-12-20)33(30,31)22-9-7-21(8-10-22)24(29)19-26-18-23(25-6-5-17-32-25)27-13-3-2-4-14-27/h5-10,17,20,23,26H,2-4,11-16,18-19H2,1H3. The van der Waals surface area contributed by atoms with Gasteiger partial charge in [0.2, 0.25) is 10.0 Å². The number of nitrogens with zero attached hydrogens (tertiary/aromatic N) is 2. The fourth-order valence-corrected chi connectivity index (χ4v) is 7.06. The summed E-state index contributed by atoms with van der Waals surface area (Å²) in [6.07, 6.45) is 5.54. The molecule has 1 unspecified atom stereocenters. The molecule has 1 N–H and O–H groups in total. The van der Waals surface area contributed by atoms with E-state index in [0.29, 0.717) is 24.6 Å². The van der Waals surface area contributed by atoms with Crippen LogP contribution in [0.25, 0.3) is 0 Å². The van der Waals surface area contributed by atoms with Crippen molar-refractivity contribution in [3.05, 3.63) is 52.2 Å². The SMILES string of the molecule is CC1CCN(S(=O)(=O)c2ccc(C(=O)CNCC(c3cccs3)N3CCCCC3)cc2)CC1. The molecule has 0 saturated carbocycles. The molecule has 180 valence electrons. The van der Waals surface area contributed by atoms with E-state index in [1.165, 1.54) is 24.1 Å². The number of carbonyl (C=O) groups excluding carboxylic acids is 1. The lowest BCUT2D eigenvalue weighted by Gasteiger charge is -2.34. The highest BCUT2D eigenvalue weighted by molar-refractivity contribution is 7.89. The highest BCUT2D eigenvalue weighted by Gasteiger charge is 2.28. The van der Waals surface area contributed by atoms with Crippen molar-refractivity contribution in [2.45, 2.75) is 50.0 Å². The molecule has 2 saturated heterocycles. The molecule has 1 atom stereocenters. The molecule has 2 aromatic rings. The Bertz CT molecular complexity index is 992. The number of carbonyl (C=O) groups is 1. The van der Waals surface area contributed by atoms with E-state index in [2.05, 4.69) is 34.7 Å². The number of Topliss-reactive ketones (excluding diaryl/α,β-unsaturated/α-hetero) is 1. The Morgan fingerprint density at radius 1 is 1.06 bits per heavy atom. The quantitative estimate of drug-likeness (QED) is 0.536. The molecule has 2 aliphatic rings. The van der Waals surface area contributed by atoms with Crippen LogP contribution in [0.5, 0.6) is 0 Å². The average Bonchev–Trinajstić information content (AvgIpc) is 3.37. The lowest BCUT2D eigenvalue weighted by molar-refractivity contribution is 0.0984. The van der Waals surface area contributed by atoms with Crippen LogP contribution in [0.15, 0.2) is 46.7 Å². The molecule has 0 bridgehead atoms. The maximum Gasteiger partial charge on any atom is 0.243 e. The molecule has 0 radical (unpaired) electrons. The van der Waals surface area contributed by atoms with Crippen LogP contribution < -0.4 is 5.32 Å². The fourth-order valence-electron chi connectivity index (χ4n) is 4.73. The van der Waals surface area contributed by atoms with Crippen molar-refractivity contribution in [3.63, 3.8) is 0 Å². The Balaban J connectivity index is 1.33. The van der Waals surface area contributed by atoms with Crippen molar-refractivity contribution in [2.24, 2.45) is 5.92 Å². The third-order valence-corrected chi connectivity index (χ3v) is 9.77. The van der Waals surface area contributed by atoms with Crippen LogP contribution in [0.2, 0.25) is 0 Å². The van der Waals surface area contributed by atoms with E-state index in [4.69, 9.17) is 0 Å². The van der Waals surface area contributed by atoms with E-state index in [9.17, 15) is 13.2 Å². The number of hydrogen-bond acceptors (Lipinski definition) is 6. The number of sulfonamides is 1. The van der Waals surface area contributed by atoms with E-state index in [1.54, 1.807) is 39.9 Å². The van der Waals surface area contributed by atoms with Crippen LogP contribution in [0.1, 0.15) is 60.3 Å². The molecular weight excluding hydrogens is 454 g/mol. The van der Waals surface area contributed by atoms with Crippen molar-refractivity contribution in [3.8, 4) is 0 Å². The Morgan fingerprint density at radius 3 is 2.39 bits per heavy atom. The van der Waals surface area contributed by atoms with Gasteiger partial charge in [-0.05, 0) is 68.3 Å². The fraction of sp³-hybridized carbons (Fsp3) is 0.560. The van der Waals surface area contributed by atoms with Crippen LogP contribution in [-0.2, 0) is 10.0 Å². The Kier molecular flexibility index (Phi) is 8.35. The molecule has 2 fully saturated rings. The van der Waals surface area contributed by atoms with E-state index in [0.717, 1.165) is 32.5 Å². The lowest BCUT2D eigenvalue weighted by Crippen LogP contribution is -2.39. The summed E-state index contributed by atoms with van der Waals surface area (Å²) >= 11 is 1.77. The zero-order chi connectivity index (χ0) is 23.3. The zero-order valence-electron chi connectivity index (χ0n) is 19.4. The van der Waals surface area contributed by atoms with E-state index in [-0.39, 0.29) is 23.3 Å². The van der Waals surface area contributed by atoms with Crippen molar-refractivity contribution >= 4 is 27.1 Å². The monoisotopic (exact) mass is 489 g/mol. The van der Waals surface area contributed by atoms with Gasteiger partial charge in [-0.15, -0.1) is 11.3 Å². The average molecular weight is 490 g/mol. The van der Waals surface area contributed by atoms with Crippen LogP contribution >= 0.6 is 11.3 Å². The Hall–Kier alpha value is -1.58. The highest BCUT2D eigenvalue weighted by atomic mass is 32.2. The molecule has 0 spiro atoms. The molecule has 2 aliphatic heterocycles. The number of piperidine rings is 2. The molecule has 3 heterocycles. The predicted molar refractivity (Wildman–Crippen MR) is 133 cm³/mol. The Morgan fingerprint density at radius 2 is 1.76 bits per heavy atom. The van der Waals surface area contributed by atoms with Crippen molar-refractivity contribution in [2.75, 3.05) is 39.3 Å². The van der Waals surface area contributed by atoms with E-state index < -0.39 is 10.0 Å². The van der Waals surface area contributed by atoms with Gasteiger partial charge in [0.1, 0.15) is 0 Å². The Labute approximate surface area is 202 Å². The summed E-state index contributed by atoms with van der Waals surface area (Å²) in [5.41, 5.74) is 0.541. The second-order valence-corrected chi connectivity index (χ2v) is 12.2. The molecule has 1 aromatic heterocycles. The minimum absolute atomic E-state index is 0.0191. The summed E-state index contributed by atoms with van der Waals surface area (Å²) in [4.78, 5) is 16.9. The third-order valence-electron chi connectivity index (χ3n) is 6.88. The van der Waals surface area contributed by atoms with E-state index >= 15 is 0 Å². The van der Waals surface area contributed by atoms with Gasteiger partial charge in [0.05, 0.1) is 17.5 Å².